The van der Waals surface area contributed by atoms with E-state index in [-0.39, 0.29) is 5.16 Å². The fourth-order valence-electron chi connectivity index (χ4n) is 1.78. The molecule has 2 aromatic rings. The van der Waals surface area contributed by atoms with Crippen LogP contribution in [0.3, 0.4) is 0 Å². The summed E-state index contributed by atoms with van der Waals surface area (Å²) < 4.78 is 29.0. The van der Waals surface area contributed by atoms with Gasteiger partial charge in [0, 0.05) is 5.39 Å². The molecule has 1 aromatic carbocycles. The second-order valence-corrected chi connectivity index (χ2v) is 6.00. The summed E-state index contributed by atoms with van der Waals surface area (Å²) in [4.78, 5) is 8.01. The highest BCUT2D eigenvalue weighted by Crippen LogP contribution is 2.23. The van der Waals surface area contributed by atoms with Crippen molar-refractivity contribution in [2.75, 3.05) is 12.4 Å². The normalized spacial score (nSPS) is 11.2. The third kappa shape index (κ3) is 2.70. The minimum Gasteiger partial charge on any atom is -0.494 e. The van der Waals surface area contributed by atoms with Crippen molar-refractivity contribution < 1.29 is 13.2 Å². The van der Waals surface area contributed by atoms with E-state index in [0.717, 1.165) is 5.39 Å². The van der Waals surface area contributed by atoms with Gasteiger partial charge in [0.1, 0.15) is 11.5 Å². The first kappa shape index (κ1) is 14.2. The van der Waals surface area contributed by atoms with Gasteiger partial charge in [-0.2, -0.15) is 5.26 Å². The molecular formula is C13H13N3O3S. The van der Waals surface area contributed by atoms with Gasteiger partial charge < -0.3 is 4.74 Å². The number of nitrogens with zero attached hydrogens (tertiary/aromatic N) is 3. The topological polar surface area (TPSA) is 92.9 Å². The van der Waals surface area contributed by atoms with Crippen LogP contribution in [-0.2, 0) is 9.84 Å². The van der Waals surface area contributed by atoms with Crippen molar-refractivity contribution in [3.05, 3.63) is 23.9 Å². The first-order chi connectivity index (χ1) is 9.47. The summed E-state index contributed by atoms with van der Waals surface area (Å²) in [5.41, 5.74) is 1.05. The number of ether oxygens (including phenoxy) is 1. The van der Waals surface area contributed by atoms with Crippen molar-refractivity contribution in [1.29, 1.82) is 5.26 Å². The Morgan fingerprint density at radius 2 is 2.10 bits per heavy atom. The van der Waals surface area contributed by atoms with Gasteiger partial charge in [-0.15, -0.1) is 0 Å². The lowest BCUT2D eigenvalue weighted by Gasteiger charge is -2.07. The van der Waals surface area contributed by atoms with Crippen LogP contribution in [0.2, 0.25) is 0 Å². The van der Waals surface area contributed by atoms with Gasteiger partial charge in [-0.25, -0.2) is 18.4 Å². The average molecular weight is 291 g/mol. The van der Waals surface area contributed by atoms with Gasteiger partial charge in [-0.3, -0.25) is 0 Å². The number of hydrogen-bond donors (Lipinski definition) is 0. The Labute approximate surface area is 117 Å². The lowest BCUT2D eigenvalue weighted by Crippen LogP contribution is -2.11. The molecule has 104 valence electrons. The van der Waals surface area contributed by atoms with Gasteiger partial charge in [-0.1, -0.05) is 0 Å². The maximum absolute atomic E-state index is 11.8. The molecule has 0 radical (unpaired) electrons. The molecule has 0 fully saturated rings. The molecule has 6 nitrogen and oxygen atoms in total. The average Bonchev–Trinajstić information content (AvgIpc) is 2.39. The first-order valence-corrected chi connectivity index (χ1v) is 7.64. The van der Waals surface area contributed by atoms with Crippen molar-refractivity contribution >= 4 is 20.7 Å². The van der Waals surface area contributed by atoms with E-state index in [9.17, 15) is 8.42 Å². The molecule has 0 amide bonds. The number of rotatable bonds is 4. The molecule has 1 heterocycles. The van der Waals surface area contributed by atoms with Crippen LogP contribution in [0.25, 0.3) is 10.9 Å². The summed E-state index contributed by atoms with van der Waals surface area (Å²) in [7, 11) is -3.76. The predicted octanol–water partition coefficient (Wildman–Crippen LogP) is 1.63. The molecule has 2 rings (SSSR count). The van der Waals surface area contributed by atoms with Gasteiger partial charge in [0.2, 0.25) is 15.0 Å². The molecule has 0 N–H and O–H groups in total. The molecule has 0 aliphatic carbocycles. The zero-order valence-electron chi connectivity index (χ0n) is 11.1. The molecular weight excluding hydrogens is 278 g/mol. The second-order valence-electron chi connectivity index (χ2n) is 4.12. The molecule has 0 aliphatic rings. The monoisotopic (exact) mass is 291 g/mol. The van der Waals surface area contributed by atoms with E-state index in [1.165, 1.54) is 0 Å². The first-order valence-electron chi connectivity index (χ1n) is 5.99. The maximum atomic E-state index is 11.8. The van der Waals surface area contributed by atoms with Gasteiger partial charge >= 0.3 is 0 Å². The number of aromatic nitrogens is 2. The van der Waals surface area contributed by atoms with E-state index in [1.807, 2.05) is 6.92 Å². The SMILES string of the molecule is CCOc1ccc2nc(S(=O)(=O)CC#N)nc(C)c2c1. The Hall–Kier alpha value is -2.20. The molecule has 0 spiro atoms. The molecule has 20 heavy (non-hydrogen) atoms. The lowest BCUT2D eigenvalue weighted by atomic mass is 10.2. The van der Waals surface area contributed by atoms with E-state index in [0.29, 0.717) is 23.6 Å². The van der Waals surface area contributed by atoms with Gasteiger partial charge in [-0.05, 0) is 32.0 Å². The maximum Gasteiger partial charge on any atom is 0.248 e. The van der Waals surface area contributed by atoms with Gasteiger partial charge in [0.05, 0.1) is 23.9 Å². The summed E-state index contributed by atoms with van der Waals surface area (Å²) in [6.45, 7) is 4.12. The zero-order valence-corrected chi connectivity index (χ0v) is 11.9. The van der Waals surface area contributed by atoms with Crippen LogP contribution >= 0.6 is 0 Å². The molecule has 0 bridgehead atoms. The number of hydrogen-bond acceptors (Lipinski definition) is 6. The van der Waals surface area contributed by atoms with E-state index in [2.05, 4.69) is 9.97 Å². The Bertz CT molecular complexity index is 794. The number of nitriles is 1. The molecule has 1 aromatic heterocycles. The smallest absolute Gasteiger partial charge is 0.248 e. The fraction of sp³-hybridized carbons (Fsp3) is 0.308. The molecule has 0 aliphatic heterocycles. The lowest BCUT2D eigenvalue weighted by molar-refractivity contribution is 0.340. The van der Waals surface area contributed by atoms with Crippen molar-refractivity contribution in [1.82, 2.24) is 9.97 Å². The third-order valence-corrected chi connectivity index (χ3v) is 3.93. The Morgan fingerprint density at radius 3 is 2.75 bits per heavy atom. The zero-order chi connectivity index (χ0) is 14.8. The standard InChI is InChI=1S/C13H13N3O3S/c1-3-19-10-4-5-12-11(8-10)9(2)15-13(16-12)20(17,18)7-6-14/h4-5,8H,3,7H2,1-2H3. The summed E-state index contributed by atoms with van der Waals surface area (Å²) in [5.74, 6) is 0.0500. The number of sulfone groups is 1. The molecule has 7 heteroatoms. The van der Waals surface area contributed by atoms with Crippen molar-refractivity contribution in [3.63, 3.8) is 0 Å². The van der Waals surface area contributed by atoms with Crippen LogP contribution in [0.15, 0.2) is 23.4 Å². The highest BCUT2D eigenvalue weighted by Gasteiger charge is 2.19. The molecule has 0 saturated heterocycles. The summed E-state index contributed by atoms with van der Waals surface area (Å²) in [6.07, 6.45) is 0. The highest BCUT2D eigenvalue weighted by atomic mass is 32.2. The molecule has 0 unspecified atom stereocenters. The van der Waals surface area contributed by atoms with Crippen LogP contribution in [-0.4, -0.2) is 30.7 Å². The van der Waals surface area contributed by atoms with E-state index in [4.69, 9.17) is 10.00 Å². The number of benzene rings is 1. The summed E-state index contributed by atoms with van der Waals surface area (Å²) in [6, 6.07) is 6.79. The quantitative estimate of drug-likeness (QED) is 0.795. The van der Waals surface area contributed by atoms with E-state index >= 15 is 0 Å². The van der Waals surface area contributed by atoms with Crippen LogP contribution in [0, 0.1) is 18.3 Å². The Kier molecular flexibility index (Phi) is 3.86. The fourth-order valence-corrected chi connectivity index (χ4v) is 2.59. The highest BCUT2D eigenvalue weighted by molar-refractivity contribution is 7.91. The predicted molar refractivity (Wildman–Crippen MR) is 73.1 cm³/mol. The van der Waals surface area contributed by atoms with Crippen molar-refractivity contribution in [2.45, 2.75) is 19.0 Å². The van der Waals surface area contributed by atoms with Crippen LogP contribution < -0.4 is 4.74 Å². The number of fused-ring (bicyclic) bond motifs is 1. The summed E-state index contributed by atoms with van der Waals surface area (Å²) in [5, 5.41) is 8.96. The van der Waals surface area contributed by atoms with Gasteiger partial charge in [0.15, 0.2) is 0 Å². The second kappa shape index (κ2) is 5.43. The summed E-state index contributed by atoms with van der Waals surface area (Å²) >= 11 is 0. The van der Waals surface area contributed by atoms with Crippen LogP contribution in [0.1, 0.15) is 12.6 Å². The molecule has 0 saturated carbocycles. The Morgan fingerprint density at radius 1 is 1.35 bits per heavy atom. The van der Waals surface area contributed by atoms with Crippen molar-refractivity contribution in [2.24, 2.45) is 0 Å². The largest absolute Gasteiger partial charge is 0.494 e. The Balaban J connectivity index is 2.60. The van der Waals surface area contributed by atoms with Crippen LogP contribution in [0.4, 0.5) is 0 Å². The van der Waals surface area contributed by atoms with E-state index < -0.39 is 15.6 Å². The van der Waals surface area contributed by atoms with E-state index in [1.54, 1.807) is 31.2 Å². The van der Waals surface area contributed by atoms with Crippen LogP contribution in [0.5, 0.6) is 5.75 Å². The minimum absolute atomic E-state index is 0.312. The van der Waals surface area contributed by atoms with Gasteiger partial charge in [0.25, 0.3) is 0 Å². The van der Waals surface area contributed by atoms with Crippen molar-refractivity contribution in [3.8, 4) is 11.8 Å². The number of aryl methyl sites for hydroxylation is 1. The molecule has 0 atom stereocenters. The minimum atomic E-state index is -3.76. The third-order valence-electron chi connectivity index (χ3n) is 2.68.